The van der Waals surface area contributed by atoms with E-state index in [0.717, 1.165) is 38.1 Å². The Morgan fingerprint density at radius 3 is 2.47 bits per heavy atom. The van der Waals surface area contributed by atoms with Gasteiger partial charge in [0.15, 0.2) is 0 Å². The fraction of sp³-hybridized carbons (Fsp3) is 0.667. The number of amides is 1. The van der Waals surface area contributed by atoms with Crippen LogP contribution in [0.25, 0.3) is 0 Å². The molecule has 1 saturated heterocycles. The molecule has 0 spiro atoms. The Bertz CT molecular complexity index is 318. The summed E-state index contributed by atoms with van der Waals surface area (Å²) in [5.41, 5.74) is 0.124. The number of hydrogen-bond acceptors (Lipinski definition) is 3. The van der Waals surface area contributed by atoms with Crippen molar-refractivity contribution in [3.63, 3.8) is 0 Å². The number of nitrogens with zero attached hydrogens (tertiary/aromatic N) is 1. The van der Waals surface area contributed by atoms with Crippen LogP contribution >= 0.6 is 0 Å². The lowest BCUT2D eigenvalue weighted by atomic mass is 9.80. The van der Waals surface area contributed by atoms with Crippen LogP contribution in [0.15, 0.2) is 12.2 Å². The maximum absolute atomic E-state index is 11.3. The molecule has 5 nitrogen and oxygen atoms in total. The van der Waals surface area contributed by atoms with Gasteiger partial charge in [-0.1, -0.05) is 6.92 Å². The van der Waals surface area contributed by atoms with Crippen molar-refractivity contribution in [1.29, 1.82) is 0 Å². The minimum absolute atomic E-state index is 0.124. The highest BCUT2D eigenvalue weighted by Gasteiger charge is 2.28. The number of hydrogen-bond donors (Lipinski definition) is 2. The summed E-state index contributed by atoms with van der Waals surface area (Å²) < 4.78 is 0. The van der Waals surface area contributed by atoms with Gasteiger partial charge in [-0.3, -0.25) is 4.79 Å². The average molecular weight is 240 g/mol. The van der Waals surface area contributed by atoms with Gasteiger partial charge >= 0.3 is 5.97 Å². The topological polar surface area (TPSA) is 69.6 Å². The summed E-state index contributed by atoms with van der Waals surface area (Å²) in [5, 5.41) is 11.1. The zero-order valence-corrected chi connectivity index (χ0v) is 10.4. The van der Waals surface area contributed by atoms with E-state index in [1.165, 1.54) is 0 Å². The number of nitrogens with one attached hydrogen (secondary N) is 1. The number of piperidine rings is 1. The van der Waals surface area contributed by atoms with E-state index >= 15 is 0 Å². The molecule has 1 aliphatic heterocycles. The second-order valence-electron chi connectivity index (χ2n) is 5.00. The van der Waals surface area contributed by atoms with Gasteiger partial charge in [0, 0.05) is 18.7 Å². The molecule has 1 amide bonds. The van der Waals surface area contributed by atoms with Crippen LogP contribution in [0, 0.1) is 5.41 Å². The summed E-state index contributed by atoms with van der Waals surface area (Å²) in [6.45, 7) is 4.83. The molecule has 0 bridgehead atoms. The summed E-state index contributed by atoms with van der Waals surface area (Å²) in [6, 6.07) is 0. The van der Waals surface area contributed by atoms with Gasteiger partial charge in [-0.25, -0.2) is 4.79 Å². The van der Waals surface area contributed by atoms with Crippen molar-refractivity contribution in [2.75, 3.05) is 26.7 Å². The quantitative estimate of drug-likeness (QED) is 0.701. The Balaban J connectivity index is 2.34. The molecule has 0 atom stereocenters. The first-order valence-corrected chi connectivity index (χ1v) is 5.79. The van der Waals surface area contributed by atoms with E-state index in [4.69, 9.17) is 5.11 Å². The summed E-state index contributed by atoms with van der Waals surface area (Å²) in [4.78, 5) is 23.8. The molecular weight excluding hydrogens is 220 g/mol. The van der Waals surface area contributed by atoms with E-state index in [1.54, 1.807) is 0 Å². The van der Waals surface area contributed by atoms with Crippen molar-refractivity contribution < 1.29 is 14.7 Å². The molecule has 0 aliphatic carbocycles. The van der Waals surface area contributed by atoms with Gasteiger partial charge in [0.1, 0.15) is 0 Å². The van der Waals surface area contributed by atoms with E-state index in [0.29, 0.717) is 6.54 Å². The molecule has 0 aromatic rings. The van der Waals surface area contributed by atoms with Gasteiger partial charge in [0.05, 0.1) is 0 Å². The summed E-state index contributed by atoms with van der Waals surface area (Å²) >= 11 is 0. The molecule has 2 N–H and O–H groups in total. The van der Waals surface area contributed by atoms with E-state index in [2.05, 4.69) is 24.2 Å². The average Bonchev–Trinajstić information content (AvgIpc) is 2.28. The van der Waals surface area contributed by atoms with Crippen molar-refractivity contribution in [3.8, 4) is 0 Å². The van der Waals surface area contributed by atoms with Gasteiger partial charge in [-0.15, -0.1) is 0 Å². The highest BCUT2D eigenvalue weighted by atomic mass is 16.4. The minimum Gasteiger partial charge on any atom is -0.478 e. The van der Waals surface area contributed by atoms with Gasteiger partial charge < -0.3 is 15.3 Å². The lowest BCUT2D eigenvalue weighted by Gasteiger charge is -2.37. The van der Waals surface area contributed by atoms with Gasteiger partial charge in [0.25, 0.3) is 0 Å². The van der Waals surface area contributed by atoms with Crippen molar-refractivity contribution in [2.24, 2.45) is 5.41 Å². The number of carboxylic acid groups (broad SMARTS) is 1. The van der Waals surface area contributed by atoms with Gasteiger partial charge in [-0.2, -0.15) is 0 Å². The maximum atomic E-state index is 11.3. The van der Waals surface area contributed by atoms with Crippen LogP contribution in [0.1, 0.15) is 19.8 Å². The second kappa shape index (κ2) is 5.82. The molecule has 5 heteroatoms. The number of carboxylic acids is 1. The molecule has 17 heavy (non-hydrogen) atoms. The molecule has 1 fully saturated rings. The Labute approximate surface area is 101 Å². The van der Waals surface area contributed by atoms with Crippen LogP contribution in [-0.4, -0.2) is 48.6 Å². The number of aliphatic carboxylic acids is 1. The first kappa shape index (κ1) is 13.7. The van der Waals surface area contributed by atoms with Crippen LogP contribution in [0.4, 0.5) is 0 Å². The third-order valence-corrected chi connectivity index (χ3v) is 3.26. The highest BCUT2D eigenvalue weighted by Crippen LogP contribution is 2.29. The SMILES string of the molecule is CN1CCC(C)(CNC(=O)/C=C/C(=O)O)CC1. The summed E-state index contributed by atoms with van der Waals surface area (Å²) in [7, 11) is 2.09. The predicted octanol–water partition coefficient (Wildman–Crippen LogP) is 0.475. The maximum Gasteiger partial charge on any atom is 0.328 e. The fourth-order valence-corrected chi connectivity index (χ4v) is 1.84. The number of carbonyl (C=O) groups is 2. The van der Waals surface area contributed by atoms with E-state index < -0.39 is 5.97 Å². The molecule has 0 radical (unpaired) electrons. The monoisotopic (exact) mass is 240 g/mol. The fourth-order valence-electron chi connectivity index (χ4n) is 1.84. The van der Waals surface area contributed by atoms with Crippen LogP contribution in [0.3, 0.4) is 0 Å². The smallest absolute Gasteiger partial charge is 0.328 e. The van der Waals surface area contributed by atoms with E-state index in [1.807, 2.05) is 0 Å². The van der Waals surface area contributed by atoms with E-state index in [-0.39, 0.29) is 11.3 Å². The van der Waals surface area contributed by atoms with Crippen LogP contribution in [0.2, 0.25) is 0 Å². The van der Waals surface area contributed by atoms with Gasteiger partial charge in [0.2, 0.25) is 5.91 Å². The Morgan fingerprint density at radius 1 is 1.35 bits per heavy atom. The molecule has 1 rings (SSSR count). The standard InChI is InChI=1S/C12H20N2O3/c1-12(5-7-14(2)8-6-12)9-13-10(15)3-4-11(16)17/h3-4H,5-9H2,1-2H3,(H,13,15)(H,16,17)/b4-3+. The molecule has 96 valence electrons. The third-order valence-electron chi connectivity index (χ3n) is 3.26. The van der Waals surface area contributed by atoms with Crippen molar-refractivity contribution in [1.82, 2.24) is 10.2 Å². The second-order valence-corrected chi connectivity index (χ2v) is 5.00. The lowest BCUT2D eigenvalue weighted by molar-refractivity contribution is -0.131. The first-order valence-electron chi connectivity index (χ1n) is 5.79. The minimum atomic E-state index is -1.11. The molecule has 1 aliphatic rings. The van der Waals surface area contributed by atoms with Crippen LogP contribution < -0.4 is 5.32 Å². The molecule has 0 unspecified atom stereocenters. The normalized spacial score (nSPS) is 20.4. The van der Waals surface area contributed by atoms with E-state index in [9.17, 15) is 9.59 Å². The zero-order chi connectivity index (χ0) is 12.9. The summed E-state index contributed by atoms with van der Waals surface area (Å²) in [6.07, 6.45) is 4.01. The molecule has 1 heterocycles. The largest absolute Gasteiger partial charge is 0.478 e. The Morgan fingerprint density at radius 2 is 1.94 bits per heavy atom. The molecule has 0 aromatic heterocycles. The zero-order valence-electron chi connectivity index (χ0n) is 10.4. The third kappa shape index (κ3) is 4.99. The highest BCUT2D eigenvalue weighted by molar-refractivity contribution is 5.93. The van der Waals surface area contributed by atoms with Gasteiger partial charge in [-0.05, 0) is 38.4 Å². The lowest BCUT2D eigenvalue weighted by Crippen LogP contribution is -2.43. The molecular formula is C12H20N2O3. The Kier molecular flexibility index (Phi) is 4.69. The van der Waals surface area contributed by atoms with Crippen LogP contribution in [-0.2, 0) is 9.59 Å². The van der Waals surface area contributed by atoms with Crippen molar-refractivity contribution >= 4 is 11.9 Å². The van der Waals surface area contributed by atoms with Crippen molar-refractivity contribution in [2.45, 2.75) is 19.8 Å². The summed E-state index contributed by atoms with van der Waals surface area (Å²) in [5.74, 6) is -1.45. The number of likely N-dealkylation sites (tertiary alicyclic amines) is 1. The molecule has 0 aromatic carbocycles. The first-order chi connectivity index (χ1) is 7.91. The number of rotatable bonds is 4. The predicted molar refractivity (Wildman–Crippen MR) is 64.6 cm³/mol. The van der Waals surface area contributed by atoms with Crippen molar-refractivity contribution in [3.05, 3.63) is 12.2 Å². The molecule has 0 saturated carbocycles. The van der Waals surface area contributed by atoms with Crippen LogP contribution in [0.5, 0.6) is 0 Å². The Hall–Kier alpha value is -1.36. The number of carbonyl (C=O) groups excluding carboxylic acids is 1.